The lowest BCUT2D eigenvalue weighted by molar-refractivity contribution is 0.0916. The monoisotopic (exact) mass is 235 g/mol. The Labute approximate surface area is 103 Å². The number of ether oxygens (including phenoxy) is 1. The number of hydrogen-bond donors (Lipinski definition) is 1. The zero-order valence-electron chi connectivity index (χ0n) is 10.8. The van der Waals surface area contributed by atoms with E-state index in [0.717, 1.165) is 24.3 Å². The molecule has 3 nitrogen and oxygen atoms in total. The van der Waals surface area contributed by atoms with Crippen LogP contribution in [0.1, 0.15) is 30.6 Å². The molecule has 0 amide bonds. The SMILES string of the molecule is CCOc1ccc(C(=O)C(CC)CNC)cc1. The highest BCUT2D eigenvalue weighted by Gasteiger charge is 2.17. The van der Waals surface area contributed by atoms with Crippen LogP contribution in [0.15, 0.2) is 24.3 Å². The maximum Gasteiger partial charge on any atom is 0.167 e. The average Bonchev–Trinajstić information content (AvgIpc) is 2.36. The third-order valence-corrected chi connectivity index (χ3v) is 2.76. The summed E-state index contributed by atoms with van der Waals surface area (Å²) in [5, 5.41) is 3.06. The van der Waals surface area contributed by atoms with Gasteiger partial charge in [-0.2, -0.15) is 0 Å². The lowest BCUT2D eigenvalue weighted by Crippen LogP contribution is -2.25. The summed E-state index contributed by atoms with van der Waals surface area (Å²) in [6, 6.07) is 7.38. The normalized spacial score (nSPS) is 12.2. The summed E-state index contributed by atoms with van der Waals surface area (Å²) in [4.78, 5) is 12.2. The van der Waals surface area contributed by atoms with Gasteiger partial charge in [0.05, 0.1) is 6.61 Å². The highest BCUT2D eigenvalue weighted by Crippen LogP contribution is 2.16. The highest BCUT2D eigenvalue weighted by molar-refractivity contribution is 5.98. The molecule has 0 heterocycles. The van der Waals surface area contributed by atoms with Gasteiger partial charge in [0.2, 0.25) is 0 Å². The second-order valence-corrected chi connectivity index (χ2v) is 3.98. The van der Waals surface area contributed by atoms with E-state index in [1.165, 1.54) is 0 Å². The Morgan fingerprint density at radius 3 is 2.41 bits per heavy atom. The molecule has 3 heteroatoms. The van der Waals surface area contributed by atoms with E-state index in [1.807, 2.05) is 45.2 Å². The number of nitrogens with one attached hydrogen (secondary N) is 1. The molecule has 0 saturated heterocycles. The van der Waals surface area contributed by atoms with Gasteiger partial charge in [0.25, 0.3) is 0 Å². The largest absolute Gasteiger partial charge is 0.494 e. The van der Waals surface area contributed by atoms with Gasteiger partial charge in [0, 0.05) is 18.0 Å². The first-order chi connectivity index (χ1) is 8.22. The lowest BCUT2D eigenvalue weighted by Gasteiger charge is -2.13. The molecule has 94 valence electrons. The molecule has 0 spiro atoms. The summed E-state index contributed by atoms with van der Waals surface area (Å²) < 4.78 is 5.35. The maximum absolute atomic E-state index is 12.2. The van der Waals surface area contributed by atoms with E-state index in [-0.39, 0.29) is 11.7 Å². The first-order valence-electron chi connectivity index (χ1n) is 6.14. The van der Waals surface area contributed by atoms with E-state index in [1.54, 1.807) is 0 Å². The number of Topliss-reactive ketones (excluding diaryl/α,β-unsaturated/α-hetero) is 1. The molecule has 0 aliphatic rings. The van der Waals surface area contributed by atoms with Crippen molar-refractivity contribution in [2.24, 2.45) is 5.92 Å². The van der Waals surface area contributed by atoms with Crippen molar-refractivity contribution in [1.29, 1.82) is 0 Å². The Morgan fingerprint density at radius 2 is 1.94 bits per heavy atom. The van der Waals surface area contributed by atoms with Gasteiger partial charge in [-0.25, -0.2) is 0 Å². The van der Waals surface area contributed by atoms with Crippen molar-refractivity contribution in [3.8, 4) is 5.75 Å². The van der Waals surface area contributed by atoms with E-state index in [9.17, 15) is 4.79 Å². The van der Waals surface area contributed by atoms with Crippen LogP contribution in [0.4, 0.5) is 0 Å². The van der Waals surface area contributed by atoms with Crippen molar-refractivity contribution in [3.63, 3.8) is 0 Å². The van der Waals surface area contributed by atoms with Gasteiger partial charge in [-0.1, -0.05) is 6.92 Å². The van der Waals surface area contributed by atoms with Gasteiger partial charge in [0.1, 0.15) is 5.75 Å². The van der Waals surface area contributed by atoms with Crippen molar-refractivity contribution in [2.75, 3.05) is 20.2 Å². The van der Waals surface area contributed by atoms with Crippen LogP contribution in [0.5, 0.6) is 5.75 Å². The Balaban J connectivity index is 2.74. The second-order valence-electron chi connectivity index (χ2n) is 3.98. The third-order valence-electron chi connectivity index (χ3n) is 2.76. The van der Waals surface area contributed by atoms with Crippen LogP contribution < -0.4 is 10.1 Å². The van der Waals surface area contributed by atoms with Crippen LogP contribution in [0.3, 0.4) is 0 Å². The van der Waals surface area contributed by atoms with Gasteiger partial charge in [-0.3, -0.25) is 4.79 Å². The van der Waals surface area contributed by atoms with E-state index in [2.05, 4.69) is 5.32 Å². The Hall–Kier alpha value is -1.35. The van der Waals surface area contributed by atoms with Crippen molar-refractivity contribution in [2.45, 2.75) is 20.3 Å². The quantitative estimate of drug-likeness (QED) is 0.738. The minimum Gasteiger partial charge on any atom is -0.494 e. The number of ketones is 1. The van der Waals surface area contributed by atoms with Crippen LogP contribution in [0, 0.1) is 5.92 Å². The van der Waals surface area contributed by atoms with Gasteiger partial charge < -0.3 is 10.1 Å². The zero-order valence-corrected chi connectivity index (χ0v) is 10.8. The Kier molecular flexibility index (Phi) is 5.70. The zero-order chi connectivity index (χ0) is 12.7. The van der Waals surface area contributed by atoms with Crippen LogP contribution in [-0.2, 0) is 0 Å². The standard InChI is InChI=1S/C14H21NO2/c1-4-11(10-15-3)14(16)12-6-8-13(9-7-12)17-5-2/h6-9,11,15H,4-5,10H2,1-3H3. The minimum absolute atomic E-state index is 0.0537. The smallest absolute Gasteiger partial charge is 0.167 e. The molecule has 0 aromatic heterocycles. The molecule has 17 heavy (non-hydrogen) atoms. The first-order valence-corrected chi connectivity index (χ1v) is 6.14. The van der Waals surface area contributed by atoms with Crippen LogP contribution in [0.25, 0.3) is 0 Å². The number of rotatable bonds is 7. The summed E-state index contributed by atoms with van der Waals surface area (Å²) in [6.45, 7) is 5.35. The molecule has 1 aromatic rings. The van der Waals surface area contributed by atoms with E-state index in [0.29, 0.717) is 6.61 Å². The molecule has 1 N–H and O–H groups in total. The van der Waals surface area contributed by atoms with E-state index < -0.39 is 0 Å². The fourth-order valence-electron chi connectivity index (χ4n) is 1.79. The molecular weight excluding hydrogens is 214 g/mol. The lowest BCUT2D eigenvalue weighted by atomic mass is 9.95. The summed E-state index contributed by atoms with van der Waals surface area (Å²) in [6.07, 6.45) is 0.854. The summed E-state index contributed by atoms with van der Waals surface area (Å²) in [7, 11) is 1.87. The molecule has 0 aliphatic heterocycles. The number of carbonyl (C=O) groups excluding carboxylic acids is 1. The molecule has 1 rings (SSSR count). The fourth-order valence-corrected chi connectivity index (χ4v) is 1.79. The number of carbonyl (C=O) groups is 1. The van der Waals surface area contributed by atoms with Crippen LogP contribution in [-0.4, -0.2) is 26.0 Å². The third kappa shape index (κ3) is 3.86. The van der Waals surface area contributed by atoms with Crippen molar-refractivity contribution >= 4 is 5.78 Å². The fraction of sp³-hybridized carbons (Fsp3) is 0.500. The van der Waals surface area contributed by atoms with Crippen LogP contribution in [0.2, 0.25) is 0 Å². The predicted molar refractivity (Wildman–Crippen MR) is 69.6 cm³/mol. The number of hydrogen-bond acceptors (Lipinski definition) is 3. The van der Waals surface area contributed by atoms with Crippen molar-refractivity contribution < 1.29 is 9.53 Å². The van der Waals surface area contributed by atoms with Gasteiger partial charge in [-0.05, 0) is 44.7 Å². The number of benzene rings is 1. The van der Waals surface area contributed by atoms with Gasteiger partial charge in [0.15, 0.2) is 5.78 Å². The molecule has 1 aromatic carbocycles. The highest BCUT2D eigenvalue weighted by atomic mass is 16.5. The Morgan fingerprint density at radius 1 is 1.29 bits per heavy atom. The molecule has 0 fully saturated rings. The molecule has 0 aliphatic carbocycles. The molecule has 0 saturated carbocycles. The molecular formula is C14H21NO2. The summed E-state index contributed by atoms with van der Waals surface area (Å²) in [5.74, 6) is 1.06. The van der Waals surface area contributed by atoms with Crippen LogP contribution >= 0.6 is 0 Å². The van der Waals surface area contributed by atoms with Crippen molar-refractivity contribution in [1.82, 2.24) is 5.32 Å². The molecule has 1 atom stereocenters. The first kappa shape index (κ1) is 13.7. The second kappa shape index (κ2) is 7.07. The minimum atomic E-state index is 0.0537. The Bertz CT molecular complexity index is 346. The van der Waals surface area contributed by atoms with E-state index in [4.69, 9.17) is 4.74 Å². The average molecular weight is 235 g/mol. The van der Waals surface area contributed by atoms with E-state index >= 15 is 0 Å². The molecule has 0 radical (unpaired) electrons. The maximum atomic E-state index is 12.2. The molecule has 0 bridgehead atoms. The van der Waals surface area contributed by atoms with Gasteiger partial charge in [-0.15, -0.1) is 0 Å². The summed E-state index contributed by atoms with van der Waals surface area (Å²) >= 11 is 0. The summed E-state index contributed by atoms with van der Waals surface area (Å²) in [5.41, 5.74) is 0.760. The van der Waals surface area contributed by atoms with Crippen molar-refractivity contribution in [3.05, 3.63) is 29.8 Å². The molecule has 1 unspecified atom stereocenters. The topological polar surface area (TPSA) is 38.3 Å². The predicted octanol–water partition coefficient (Wildman–Crippen LogP) is 2.51. The van der Waals surface area contributed by atoms with Gasteiger partial charge >= 0.3 is 0 Å².